The van der Waals surface area contributed by atoms with E-state index in [-0.39, 0.29) is 24.6 Å². The molecule has 1 amide bonds. The number of ether oxygens (including phenoxy) is 1. The molecule has 0 aliphatic heterocycles. The van der Waals surface area contributed by atoms with E-state index in [9.17, 15) is 9.59 Å². The number of fused-ring (bicyclic) bond motifs is 3. The summed E-state index contributed by atoms with van der Waals surface area (Å²) in [5.74, 6) is 4.74. The number of carbonyl (C=O) groups is 2. The Morgan fingerprint density at radius 1 is 0.900 bits per heavy atom. The number of carboxylic acids is 1. The topological polar surface area (TPSA) is 75.6 Å². The lowest BCUT2D eigenvalue weighted by Crippen LogP contribution is -2.26. The second-order valence-electron chi connectivity index (χ2n) is 6.86. The number of benzene rings is 3. The second-order valence-corrected chi connectivity index (χ2v) is 6.86. The first-order valence-electron chi connectivity index (χ1n) is 9.54. The van der Waals surface area contributed by atoms with Gasteiger partial charge in [-0.1, -0.05) is 60.4 Å². The predicted molar refractivity (Wildman–Crippen MR) is 113 cm³/mol. The number of amides is 1. The number of aromatic carboxylic acids is 1. The molecule has 0 radical (unpaired) electrons. The standard InChI is InChI=1S/C25H19NO4/c27-24(28)18-13-11-17(12-14-18)6-5-15-26-25(29)30-16-23-21-9-3-1-7-19(21)20-8-2-4-10-22(20)23/h1-4,7-14,23H,15-16H2,(H,26,29)(H,27,28). The number of carboxylic acid groups (broad SMARTS) is 1. The van der Waals surface area contributed by atoms with Crippen LogP contribution in [0.2, 0.25) is 0 Å². The van der Waals surface area contributed by atoms with Crippen molar-refractivity contribution in [3.63, 3.8) is 0 Å². The highest BCUT2D eigenvalue weighted by Crippen LogP contribution is 2.44. The SMILES string of the molecule is O=C(NCC#Cc1ccc(C(=O)O)cc1)OCC1c2ccccc2-c2ccccc21. The largest absolute Gasteiger partial charge is 0.478 e. The van der Waals surface area contributed by atoms with Gasteiger partial charge in [0.05, 0.1) is 12.1 Å². The summed E-state index contributed by atoms with van der Waals surface area (Å²) >= 11 is 0. The summed E-state index contributed by atoms with van der Waals surface area (Å²) in [6, 6.07) is 22.6. The fourth-order valence-electron chi connectivity index (χ4n) is 3.61. The molecule has 0 unspecified atom stereocenters. The molecule has 148 valence electrons. The molecule has 0 fully saturated rings. The van der Waals surface area contributed by atoms with Crippen molar-refractivity contribution in [3.05, 3.63) is 95.1 Å². The molecule has 4 rings (SSSR count). The van der Waals surface area contributed by atoms with E-state index in [1.165, 1.54) is 23.3 Å². The maximum atomic E-state index is 12.1. The van der Waals surface area contributed by atoms with Crippen molar-refractivity contribution in [3.8, 4) is 23.0 Å². The summed E-state index contributed by atoms with van der Waals surface area (Å²) in [4.78, 5) is 22.9. The molecule has 0 saturated carbocycles. The van der Waals surface area contributed by atoms with Gasteiger partial charge >= 0.3 is 12.1 Å². The molecule has 3 aromatic carbocycles. The number of hydrogen-bond acceptors (Lipinski definition) is 3. The van der Waals surface area contributed by atoms with E-state index in [4.69, 9.17) is 9.84 Å². The highest BCUT2D eigenvalue weighted by atomic mass is 16.5. The van der Waals surface area contributed by atoms with E-state index in [0.29, 0.717) is 5.56 Å². The molecule has 0 aromatic heterocycles. The Bertz CT molecular complexity index is 1110. The molecule has 0 saturated heterocycles. The zero-order valence-electron chi connectivity index (χ0n) is 16.1. The average Bonchev–Trinajstić information content (AvgIpc) is 3.09. The molecule has 1 aliphatic rings. The van der Waals surface area contributed by atoms with Crippen molar-refractivity contribution in [2.24, 2.45) is 0 Å². The Balaban J connectivity index is 1.32. The molecule has 0 heterocycles. The highest BCUT2D eigenvalue weighted by molar-refractivity contribution is 5.87. The Labute approximate surface area is 174 Å². The average molecular weight is 397 g/mol. The van der Waals surface area contributed by atoms with Gasteiger partial charge in [0.1, 0.15) is 6.61 Å². The first-order chi connectivity index (χ1) is 14.6. The van der Waals surface area contributed by atoms with Crippen LogP contribution < -0.4 is 5.32 Å². The molecule has 30 heavy (non-hydrogen) atoms. The van der Waals surface area contributed by atoms with Gasteiger partial charge in [0.25, 0.3) is 0 Å². The quantitative estimate of drug-likeness (QED) is 0.645. The van der Waals surface area contributed by atoms with Gasteiger partial charge in [0, 0.05) is 11.5 Å². The molecular formula is C25H19NO4. The van der Waals surface area contributed by atoms with Gasteiger partial charge in [-0.15, -0.1) is 0 Å². The summed E-state index contributed by atoms with van der Waals surface area (Å²) in [7, 11) is 0. The highest BCUT2D eigenvalue weighted by Gasteiger charge is 2.28. The lowest BCUT2D eigenvalue weighted by molar-refractivity contribution is 0.0696. The normalized spacial score (nSPS) is 11.6. The van der Waals surface area contributed by atoms with Crippen molar-refractivity contribution in [2.75, 3.05) is 13.2 Å². The molecule has 5 nitrogen and oxygen atoms in total. The van der Waals surface area contributed by atoms with Crippen LogP contribution in [0.25, 0.3) is 11.1 Å². The number of nitrogens with one attached hydrogen (secondary N) is 1. The van der Waals surface area contributed by atoms with Gasteiger partial charge < -0.3 is 15.2 Å². The third kappa shape index (κ3) is 4.03. The summed E-state index contributed by atoms with van der Waals surface area (Å²) in [6.07, 6.45) is -0.521. The minimum Gasteiger partial charge on any atom is -0.478 e. The zero-order valence-corrected chi connectivity index (χ0v) is 16.1. The molecule has 3 aromatic rings. The van der Waals surface area contributed by atoms with Crippen LogP contribution in [-0.4, -0.2) is 30.3 Å². The Kier molecular flexibility index (Phi) is 5.49. The van der Waals surface area contributed by atoms with Gasteiger partial charge in [-0.25, -0.2) is 9.59 Å². The van der Waals surface area contributed by atoms with E-state index >= 15 is 0 Å². The molecule has 5 heteroatoms. The second kappa shape index (κ2) is 8.54. The Hall–Kier alpha value is -4.04. The number of rotatable bonds is 4. The van der Waals surface area contributed by atoms with Crippen LogP contribution in [0.1, 0.15) is 33.0 Å². The molecule has 0 bridgehead atoms. The molecule has 0 atom stereocenters. The molecular weight excluding hydrogens is 378 g/mol. The Morgan fingerprint density at radius 3 is 2.10 bits per heavy atom. The first-order valence-corrected chi connectivity index (χ1v) is 9.54. The van der Waals surface area contributed by atoms with Gasteiger partial charge in [-0.05, 0) is 46.5 Å². The first kappa shape index (κ1) is 19.3. The smallest absolute Gasteiger partial charge is 0.407 e. The third-order valence-electron chi connectivity index (χ3n) is 5.03. The van der Waals surface area contributed by atoms with Crippen LogP contribution in [0.4, 0.5) is 4.79 Å². The number of carbonyl (C=O) groups excluding carboxylic acids is 1. The molecule has 2 N–H and O–H groups in total. The summed E-state index contributed by atoms with van der Waals surface area (Å²) in [6.45, 7) is 0.390. The van der Waals surface area contributed by atoms with E-state index < -0.39 is 12.1 Å². The van der Waals surface area contributed by atoms with Gasteiger partial charge in [-0.2, -0.15) is 0 Å². The maximum Gasteiger partial charge on any atom is 0.407 e. The number of alkyl carbamates (subject to hydrolysis) is 1. The van der Waals surface area contributed by atoms with Crippen molar-refractivity contribution in [1.29, 1.82) is 0 Å². The summed E-state index contributed by atoms with van der Waals surface area (Å²) in [5.41, 5.74) is 5.57. The van der Waals surface area contributed by atoms with Crippen LogP contribution in [-0.2, 0) is 4.74 Å². The van der Waals surface area contributed by atoms with E-state index in [1.54, 1.807) is 12.1 Å². The van der Waals surface area contributed by atoms with Crippen LogP contribution in [0.3, 0.4) is 0 Å². The maximum absolute atomic E-state index is 12.1. The van der Waals surface area contributed by atoms with Crippen LogP contribution in [0.5, 0.6) is 0 Å². The van der Waals surface area contributed by atoms with E-state index in [0.717, 1.165) is 11.1 Å². The Morgan fingerprint density at radius 2 is 1.50 bits per heavy atom. The van der Waals surface area contributed by atoms with Crippen molar-refractivity contribution >= 4 is 12.1 Å². The van der Waals surface area contributed by atoms with Crippen LogP contribution in [0, 0.1) is 11.8 Å². The monoisotopic (exact) mass is 397 g/mol. The lowest BCUT2D eigenvalue weighted by atomic mass is 9.98. The summed E-state index contributed by atoms with van der Waals surface area (Å²) < 4.78 is 5.45. The zero-order chi connectivity index (χ0) is 20.9. The molecule has 1 aliphatic carbocycles. The van der Waals surface area contributed by atoms with Gasteiger partial charge in [0.2, 0.25) is 0 Å². The fraction of sp³-hybridized carbons (Fsp3) is 0.120. The van der Waals surface area contributed by atoms with E-state index in [2.05, 4.69) is 41.4 Å². The predicted octanol–water partition coefficient (Wildman–Crippen LogP) is 4.28. The van der Waals surface area contributed by atoms with Crippen molar-refractivity contribution in [2.45, 2.75) is 5.92 Å². The number of hydrogen-bond donors (Lipinski definition) is 2. The van der Waals surface area contributed by atoms with Crippen LogP contribution in [0.15, 0.2) is 72.8 Å². The molecule has 0 spiro atoms. The van der Waals surface area contributed by atoms with Crippen molar-refractivity contribution < 1.29 is 19.4 Å². The third-order valence-corrected chi connectivity index (χ3v) is 5.03. The summed E-state index contributed by atoms with van der Waals surface area (Å²) in [5, 5.41) is 11.5. The van der Waals surface area contributed by atoms with Crippen molar-refractivity contribution in [1.82, 2.24) is 5.32 Å². The minimum atomic E-state index is -0.980. The van der Waals surface area contributed by atoms with Crippen LogP contribution >= 0.6 is 0 Å². The van der Waals surface area contributed by atoms with Gasteiger partial charge in [-0.3, -0.25) is 0 Å². The fourth-order valence-corrected chi connectivity index (χ4v) is 3.61. The minimum absolute atomic E-state index is 0.0157. The lowest BCUT2D eigenvalue weighted by Gasteiger charge is -2.14. The van der Waals surface area contributed by atoms with E-state index in [1.807, 2.05) is 24.3 Å². The van der Waals surface area contributed by atoms with Gasteiger partial charge in [0.15, 0.2) is 0 Å².